The Labute approximate surface area is 155 Å². The predicted molar refractivity (Wildman–Crippen MR) is 102 cm³/mol. The lowest BCUT2D eigenvalue weighted by atomic mass is 10.2. The lowest BCUT2D eigenvalue weighted by Crippen LogP contribution is -2.37. The molecule has 6 nitrogen and oxygen atoms in total. The van der Waals surface area contributed by atoms with Gasteiger partial charge in [-0.2, -0.15) is 0 Å². The number of rotatable bonds is 8. The summed E-state index contributed by atoms with van der Waals surface area (Å²) in [6, 6.07) is 5.96. The number of aliphatic imine (C=N–C) groups is 1. The molecule has 1 aliphatic rings. The summed E-state index contributed by atoms with van der Waals surface area (Å²) in [5.74, 6) is 2.42. The van der Waals surface area contributed by atoms with Gasteiger partial charge in [-0.05, 0) is 37.0 Å². The number of methoxy groups -OCH3 is 1. The van der Waals surface area contributed by atoms with Crippen LogP contribution in [-0.2, 0) is 11.3 Å². The van der Waals surface area contributed by atoms with Gasteiger partial charge in [0.25, 0.3) is 0 Å². The molecule has 0 radical (unpaired) electrons. The van der Waals surface area contributed by atoms with E-state index >= 15 is 0 Å². The van der Waals surface area contributed by atoms with Gasteiger partial charge in [0, 0.05) is 33.9 Å². The van der Waals surface area contributed by atoms with Gasteiger partial charge in [-0.15, -0.1) is 24.0 Å². The number of benzene rings is 1. The summed E-state index contributed by atoms with van der Waals surface area (Å²) >= 11 is 0. The summed E-state index contributed by atoms with van der Waals surface area (Å²) in [5, 5.41) is 6.61. The minimum absolute atomic E-state index is 0. The minimum atomic E-state index is 0. The van der Waals surface area contributed by atoms with Gasteiger partial charge >= 0.3 is 0 Å². The Hall–Kier alpha value is -1.22. The van der Waals surface area contributed by atoms with Crippen LogP contribution in [0.1, 0.15) is 24.8 Å². The molecular weight excluding hydrogens is 409 g/mol. The molecule has 0 bridgehead atoms. The smallest absolute Gasteiger partial charge is 0.231 e. The van der Waals surface area contributed by atoms with Crippen molar-refractivity contribution in [3.63, 3.8) is 0 Å². The maximum absolute atomic E-state index is 5.38. The highest BCUT2D eigenvalue weighted by Crippen LogP contribution is 2.32. The second-order valence-electron chi connectivity index (χ2n) is 5.09. The summed E-state index contributed by atoms with van der Waals surface area (Å²) in [4.78, 5) is 4.22. The van der Waals surface area contributed by atoms with E-state index in [1.54, 1.807) is 14.2 Å². The first-order valence-electron chi connectivity index (χ1n) is 7.65. The number of hydrogen-bond acceptors (Lipinski definition) is 4. The molecule has 1 heterocycles. The summed E-state index contributed by atoms with van der Waals surface area (Å²) in [6.45, 7) is 2.74. The molecule has 0 unspecified atom stereocenters. The zero-order chi connectivity index (χ0) is 15.6. The quantitative estimate of drug-likeness (QED) is 0.285. The zero-order valence-corrected chi connectivity index (χ0v) is 16.1. The van der Waals surface area contributed by atoms with Gasteiger partial charge in [-0.3, -0.25) is 4.99 Å². The normalized spacial score (nSPS) is 12.7. The molecule has 130 valence electrons. The SMILES string of the molecule is CN=C(NCCCCCOC)NCc1ccc2c(c1)OCO2.I. The van der Waals surface area contributed by atoms with Crippen molar-refractivity contribution in [2.24, 2.45) is 4.99 Å². The molecule has 2 N–H and O–H groups in total. The van der Waals surface area contributed by atoms with Crippen molar-refractivity contribution in [3.05, 3.63) is 23.8 Å². The molecule has 0 aromatic heterocycles. The molecule has 0 amide bonds. The Balaban J connectivity index is 0.00000264. The van der Waals surface area contributed by atoms with Gasteiger partial charge in [0.2, 0.25) is 6.79 Å². The van der Waals surface area contributed by atoms with E-state index in [0.717, 1.165) is 55.4 Å². The number of unbranched alkanes of at least 4 members (excludes halogenated alkanes) is 2. The summed E-state index contributed by atoms with van der Waals surface area (Å²) in [5.41, 5.74) is 1.13. The van der Waals surface area contributed by atoms with Crippen LogP contribution in [0.4, 0.5) is 0 Å². The molecule has 0 aliphatic carbocycles. The number of guanidine groups is 1. The summed E-state index contributed by atoms with van der Waals surface area (Å²) < 4.78 is 15.7. The number of fused-ring (bicyclic) bond motifs is 1. The lowest BCUT2D eigenvalue weighted by Gasteiger charge is -2.12. The lowest BCUT2D eigenvalue weighted by molar-refractivity contribution is 0.174. The monoisotopic (exact) mass is 435 g/mol. The number of hydrogen-bond donors (Lipinski definition) is 2. The number of ether oxygens (including phenoxy) is 3. The van der Waals surface area contributed by atoms with Crippen LogP contribution in [0.15, 0.2) is 23.2 Å². The standard InChI is InChI=1S/C16H25N3O3.HI/c1-17-16(18-8-4-3-5-9-20-2)19-11-13-6-7-14-15(10-13)22-12-21-14;/h6-7,10H,3-5,8-9,11-12H2,1-2H3,(H2,17,18,19);1H. The average molecular weight is 435 g/mol. The van der Waals surface area contributed by atoms with Crippen molar-refractivity contribution >= 4 is 29.9 Å². The van der Waals surface area contributed by atoms with E-state index in [4.69, 9.17) is 14.2 Å². The first-order chi connectivity index (χ1) is 10.8. The van der Waals surface area contributed by atoms with Crippen LogP contribution < -0.4 is 20.1 Å². The van der Waals surface area contributed by atoms with E-state index in [0.29, 0.717) is 13.3 Å². The van der Waals surface area contributed by atoms with Gasteiger partial charge < -0.3 is 24.8 Å². The molecular formula is C16H26IN3O3. The first-order valence-corrected chi connectivity index (χ1v) is 7.65. The van der Waals surface area contributed by atoms with Gasteiger partial charge in [-0.25, -0.2) is 0 Å². The van der Waals surface area contributed by atoms with Gasteiger partial charge in [-0.1, -0.05) is 6.07 Å². The Morgan fingerprint density at radius 1 is 1.17 bits per heavy atom. The summed E-state index contributed by atoms with van der Waals surface area (Å²) in [6.07, 6.45) is 3.36. The summed E-state index contributed by atoms with van der Waals surface area (Å²) in [7, 11) is 3.51. The number of nitrogens with zero attached hydrogens (tertiary/aromatic N) is 1. The topological polar surface area (TPSA) is 64.1 Å². The Morgan fingerprint density at radius 3 is 2.78 bits per heavy atom. The second-order valence-corrected chi connectivity index (χ2v) is 5.09. The van der Waals surface area contributed by atoms with E-state index in [9.17, 15) is 0 Å². The van der Waals surface area contributed by atoms with E-state index in [1.807, 2.05) is 18.2 Å². The van der Waals surface area contributed by atoms with Crippen LogP contribution in [-0.4, -0.2) is 40.1 Å². The van der Waals surface area contributed by atoms with Crippen LogP contribution >= 0.6 is 24.0 Å². The Kier molecular flexibility index (Phi) is 9.77. The first kappa shape index (κ1) is 19.8. The molecule has 0 atom stereocenters. The molecule has 23 heavy (non-hydrogen) atoms. The molecule has 2 rings (SSSR count). The molecule has 0 saturated carbocycles. The van der Waals surface area contributed by atoms with Crippen molar-refractivity contribution < 1.29 is 14.2 Å². The second kappa shape index (κ2) is 11.3. The van der Waals surface area contributed by atoms with Crippen LogP contribution in [0.3, 0.4) is 0 Å². The predicted octanol–water partition coefficient (Wildman–Crippen LogP) is 2.52. The van der Waals surface area contributed by atoms with E-state index < -0.39 is 0 Å². The van der Waals surface area contributed by atoms with Crippen molar-refractivity contribution in [2.75, 3.05) is 34.1 Å². The molecule has 0 fully saturated rings. The maximum Gasteiger partial charge on any atom is 0.231 e. The van der Waals surface area contributed by atoms with Gasteiger partial charge in [0.05, 0.1) is 0 Å². The van der Waals surface area contributed by atoms with Crippen molar-refractivity contribution in [1.29, 1.82) is 0 Å². The van der Waals surface area contributed by atoms with Crippen molar-refractivity contribution in [3.8, 4) is 11.5 Å². The third-order valence-corrected chi connectivity index (χ3v) is 3.44. The molecule has 1 aliphatic heterocycles. The van der Waals surface area contributed by atoms with Crippen molar-refractivity contribution in [1.82, 2.24) is 10.6 Å². The molecule has 1 aromatic carbocycles. The molecule has 1 aromatic rings. The van der Waals surface area contributed by atoms with Crippen LogP contribution in [0, 0.1) is 0 Å². The van der Waals surface area contributed by atoms with Gasteiger partial charge in [0.1, 0.15) is 0 Å². The van der Waals surface area contributed by atoms with Crippen LogP contribution in [0.2, 0.25) is 0 Å². The Morgan fingerprint density at radius 2 is 2.00 bits per heavy atom. The third-order valence-electron chi connectivity index (χ3n) is 3.44. The highest BCUT2D eigenvalue weighted by atomic mass is 127. The minimum Gasteiger partial charge on any atom is -0.454 e. The number of nitrogens with one attached hydrogen (secondary N) is 2. The molecule has 0 spiro atoms. The largest absolute Gasteiger partial charge is 0.454 e. The van der Waals surface area contributed by atoms with Gasteiger partial charge in [0.15, 0.2) is 17.5 Å². The average Bonchev–Trinajstić information content (AvgIpc) is 3.01. The fraction of sp³-hybridized carbons (Fsp3) is 0.562. The van der Waals surface area contributed by atoms with E-state index in [-0.39, 0.29) is 24.0 Å². The van der Waals surface area contributed by atoms with E-state index in [1.165, 1.54) is 0 Å². The zero-order valence-electron chi connectivity index (χ0n) is 13.8. The third kappa shape index (κ3) is 6.82. The van der Waals surface area contributed by atoms with E-state index in [2.05, 4.69) is 15.6 Å². The van der Waals surface area contributed by atoms with Crippen molar-refractivity contribution in [2.45, 2.75) is 25.8 Å². The highest BCUT2D eigenvalue weighted by Gasteiger charge is 2.13. The maximum atomic E-state index is 5.38. The Bertz CT molecular complexity index is 497. The van der Waals surface area contributed by atoms with Crippen LogP contribution in [0.25, 0.3) is 0 Å². The fourth-order valence-corrected chi connectivity index (χ4v) is 2.21. The molecule has 7 heteroatoms. The number of halogens is 1. The fourth-order valence-electron chi connectivity index (χ4n) is 2.21. The van der Waals surface area contributed by atoms with Crippen LogP contribution in [0.5, 0.6) is 11.5 Å². The molecule has 0 saturated heterocycles. The highest BCUT2D eigenvalue weighted by molar-refractivity contribution is 14.0.